The van der Waals surface area contributed by atoms with E-state index in [-0.39, 0.29) is 0 Å². The summed E-state index contributed by atoms with van der Waals surface area (Å²) in [5, 5.41) is 11.4. The zero-order chi connectivity index (χ0) is 14.8. The van der Waals surface area contributed by atoms with Gasteiger partial charge in [-0.15, -0.1) is 0 Å². The van der Waals surface area contributed by atoms with E-state index in [2.05, 4.69) is 6.92 Å². The van der Waals surface area contributed by atoms with Crippen molar-refractivity contribution < 1.29 is 14.6 Å². The maximum atomic E-state index is 10.9. The molecule has 1 fully saturated rings. The number of methoxy groups -OCH3 is 2. The van der Waals surface area contributed by atoms with Crippen LogP contribution in [0.1, 0.15) is 44.3 Å². The van der Waals surface area contributed by atoms with Crippen molar-refractivity contribution in [3.8, 4) is 5.75 Å². The summed E-state index contributed by atoms with van der Waals surface area (Å²) >= 11 is 6.06. The first-order valence-corrected chi connectivity index (χ1v) is 7.47. The van der Waals surface area contributed by atoms with Crippen LogP contribution in [-0.2, 0) is 4.74 Å². The Bertz CT molecular complexity index is 453. The Labute approximate surface area is 125 Å². The van der Waals surface area contributed by atoms with Crippen LogP contribution in [0, 0.1) is 5.92 Å². The highest BCUT2D eigenvalue weighted by atomic mass is 35.5. The van der Waals surface area contributed by atoms with Crippen LogP contribution >= 0.6 is 11.6 Å². The lowest BCUT2D eigenvalue weighted by atomic mass is 9.74. The topological polar surface area (TPSA) is 38.7 Å². The van der Waals surface area contributed by atoms with Gasteiger partial charge in [0.25, 0.3) is 0 Å². The second-order valence-electron chi connectivity index (χ2n) is 5.74. The van der Waals surface area contributed by atoms with E-state index in [9.17, 15) is 5.11 Å². The second kappa shape index (κ2) is 6.33. The van der Waals surface area contributed by atoms with Crippen molar-refractivity contribution in [2.45, 2.75) is 44.3 Å². The summed E-state index contributed by atoms with van der Waals surface area (Å²) in [7, 11) is 3.28. The smallest absolute Gasteiger partial charge is 0.124 e. The van der Waals surface area contributed by atoms with Crippen LogP contribution in [-0.4, -0.2) is 24.9 Å². The van der Waals surface area contributed by atoms with Gasteiger partial charge in [0, 0.05) is 17.7 Å². The summed E-state index contributed by atoms with van der Waals surface area (Å²) in [4.78, 5) is 0. The third-order valence-electron chi connectivity index (χ3n) is 4.51. The summed E-state index contributed by atoms with van der Waals surface area (Å²) in [6, 6.07) is 5.32. The molecule has 0 saturated heterocycles. The van der Waals surface area contributed by atoms with Gasteiger partial charge in [-0.05, 0) is 49.8 Å². The van der Waals surface area contributed by atoms with E-state index < -0.39 is 11.7 Å². The van der Waals surface area contributed by atoms with Crippen LogP contribution in [0.25, 0.3) is 0 Å². The highest BCUT2D eigenvalue weighted by Gasteiger charge is 2.42. The van der Waals surface area contributed by atoms with Crippen LogP contribution in [0.5, 0.6) is 5.75 Å². The first-order chi connectivity index (χ1) is 9.52. The zero-order valence-electron chi connectivity index (χ0n) is 12.4. The Morgan fingerprint density at radius 3 is 2.50 bits per heavy atom. The maximum Gasteiger partial charge on any atom is 0.124 e. The average Bonchev–Trinajstić information content (AvgIpc) is 2.47. The number of ether oxygens (including phenoxy) is 2. The number of halogens is 1. The predicted octanol–water partition coefficient (Wildman–Crippen LogP) is 3.98. The van der Waals surface area contributed by atoms with Gasteiger partial charge in [0.1, 0.15) is 11.9 Å². The highest BCUT2D eigenvalue weighted by molar-refractivity contribution is 6.30. The number of hydrogen-bond acceptors (Lipinski definition) is 3. The number of benzene rings is 1. The van der Waals surface area contributed by atoms with E-state index in [1.165, 1.54) is 0 Å². The SMILES string of the molecule is COc1ccc(Cl)cc1C(O)C1(OC)CCC(C)CC1. The van der Waals surface area contributed by atoms with Crippen molar-refractivity contribution in [3.05, 3.63) is 28.8 Å². The standard InChI is InChI=1S/C16H23ClO3/c1-11-6-8-16(20-3,9-7-11)15(18)13-10-12(17)4-5-14(13)19-2/h4-5,10-11,15,18H,6-9H2,1-3H3. The third-order valence-corrected chi connectivity index (χ3v) is 4.75. The molecule has 4 heteroatoms. The van der Waals surface area contributed by atoms with Gasteiger partial charge >= 0.3 is 0 Å². The summed E-state index contributed by atoms with van der Waals surface area (Å²) in [5.74, 6) is 1.34. The summed E-state index contributed by atoms with van der Waals surface area (Å²) in [6.07, 6.45) is 3.10. The third kappa shape index (κ3) is 2.95. The Morgan fingerprint density at radius 1 is 1.30 bits per heavy atom. The van der Waals surface area contributed by atoms with E-state index in [4.69, 9.17) is 21.1 Å². The molecule has 1 aromatic carbocycles. The zero-order valence-corrected chi connectivity index (χ0v) is 13.1. The molecule has 1 N–H and O–H groups in total. The van der Waals surface area contributed by atoms with Gasteiger partial charge in [0.2, 0.25) is 0 Å². The maximum absolute atomic E-state index is 10.9. The Hall–Kier alpha value is -0.770. The average molecular weight is 299 g/mol. The van der Waals surface area contributed by atoms with Crippen molar-refractivity contribution in [1.82, 2.24) is 0 Å². The Kier molecular flexibility index (Phi) is 4.95. The molecule has 0 amide bonds. The minimum atomic E-state index is -0.728. The van der Waals surface area contributed by atoms with Crippen molar-refractivity contribution >= 4 is 11.6 Å². The van der Waals surface area contributed by atoms with E-state index >= 15 is 0 Å². The van der Waals surface area contributed by atoms with Crippen LogP contribution in [0.2, 0.25) is 5.02 Å². The van der Waals surface area contributed by atoms with E-state index in [0.29, 0.717) is 22.3 Å². The molecule has 0 radical (unpaired) electrons. The molecule has 20 heavy (non-hydrogen) atoms. The number of aliphatic hydroxyl groups excluding tert-OH is 1. The summed E-state index contributed by atoms with van der Waals surface area (Å²) in [5.41, 5.74) is 0.168. The number of rotatable bonds is 4. The van der Waals surface area contributed by atoms with Gasteiger partial charge in [-0.3, -0.25) is 0 Å². The quantitative estimate of drug-likeness (QED) is 0.914. The first kappa shape index (κ1) is 15.6. The summed E-state index contributed by atoms with van der Waals surface area (Å²) in [6.45, 7) is 2.24. The molecule has 0 aliphatic heterocycles. The fourth-order valence-corrected chi connectivity index (χ4v) is 3.22. The molecule has 1 aliphatic rings. The van der Waals surface area contributed by atoms with E-state index in [1.807, 2.05) is 0 Å². The molecular formula is C16H23ClO3. The van der Waals surface area contributed by atoms with Crippen LogP contribution in [0.15, 0.2) is 18.2 Å². The highest BCUT2D eigenvalue weighted by Crippen LogP contribution is 2.45. The van der Waals surface area contributed by atoms with Gasteiger partial charge in [-0.2, -0.15) is 0 Å². The normalized spacial score (nSPS) is 28.1. The summed E-state index contributed by atoms with van der Waals surface area (Å²) < 4.78 is 11.1. The molecule has 1 aliphatic carbocycles. The minimum absolute atomic E-state index is 0.537. The largest absolute Gasteiger partial charge is 0.496 e. The van der Waals surface area contributed by atoms with Crippen LogP contribution < -0.4 is 4.74 Å². The molecule has 1 aromatic rings. The van der Waals surface area contributed by atoms with Crippen molar-refractivity contribution in [2.75, 3.05) is 14.2 Å². The number of aliphatic hydroxyl groups is 1. The van der Waals surface area contributed by atoms with E-state index in [0.717, 1.165) is 25.7 Å². The number of hydrogen-bond donors (Lipinski definition) is 1. The minimum Gasteiger partial charge on any atom is -0.496 e. The molecule has 1 unspecified atom stereocenters. The van der Waals surface area contributed by atoms with Gasteiger partial charge in [-0.25, -0.2) is 0 Å². The molecule has 3 nitrogen and oxygen atoms in total. The molecule has 0 bridgehead atoms. The Balaban J connectivity index is 2.33. The second-order valence-corrected chi connectivity index (χ2v) is 6.18. The molecule has 1 saturated carbocycles. The van der Waals surface area contributed by atoms with Gasteiger partial charge < -0.3 is 14.6 Å². The Morgan fingerprint density at radius 2 is 1.95 bits per heavy atom. The fourth-order valence-electron chi connectivity index (χ4n) is 3.04. The molecule has 2 rings (SSSR count). The molecule has 0 aromatic heterocycles. The fraction of sp³-hybridized carbons (Fsp3) is 0.625. The lowest BCUT2D eigenvalue weighted by Gasteiger charge is -2.42. The van der Waals surface area contributed by atoms with Gasteiger partial charge in [0.05, 0.1) is 12.7 Å². The van der Waals surface area contributed by atoms with Crippen LogP contribution in [0.4, 0.5) is 0 Å². The van der Waals surface area contributed by atoms with Crippen LogP contribution in [0.3, 0.4) is 0 Å². The molecule has 0 spiro atoms. The first-order valence-electron chi connectivity index (χ1n) is 7.09. The lowest BCUT2D eigenvalue weighted by Crippen LogP contribution is -2.42. The van der Waals surface area contributed by atoms with Crippen molar-refractivity contribution in [1.29, 1.82) is 0 Å². The van der Waals surface area contributed by atoms with Gasteiger partial charge in [-0.1, -0.05) is 18.5 Å². The molecule has 0 heterocycles. The van der Waals surface area contributed by atoms with Crippen molar-refractivity contribution in [3.63, 3.8) is 0 Å². The molecular weight excluding hydrogens is 276 g/mol. The van der Waals surface area contributed by atoms with Crippen molar-refractivity contribution in [2.24, 2.45) is 5.92 Å². The lowest BCUT2D eigenvalue weighted by molar-refractivity contribution is -0.130. The van der Waals surface area contributed by atoms with E-state index in [1.54, 1.807) is 32.4 Å². The molecule has 1 atom stereocenters. The molecule has 112 valence electrons. The van der Waals surface area contributed by atoms with Gasteiger partial charge in [0.15, 0.2) is 0 Å². The predicted molar refractivity (Wildman–Crippen MR) is 80.3 cm³/mol. The monoisotopic (exact) mass is 298 g/mol.